The number of hydrogen-bond acceptors (Lipinski definition) is 3. The third-order valence-electron chi connectivity index (χ3n) is 4.51. The summed E-state index contributed by atoms with van der Waals surface area (Å²) in [7, 11) is 1.64. The van der Waals surface area contributed by atoms with E-state index in [0.29, 0.717) is 12.0 Å². The molecule has 1 atom stereocenters. The maximum absolute atomic E-state index is 12.4. The van der Waals surface area contributed by atoms with Gasteiger partial charge >= 0.3 is 0 Å². The van der Waals surface area contributed by atoms with Gasteiger partial charge in [-0.05, 0) is 77.2 Å². The molecule has 0 heterocycles. The number of carbonyl (C=O) groups is 1. The average Bonchev–Trinajstić information content (AvgIpc) is 2.60. The van der Waals surface area contributed by atoms with Crippen LogP contribution in [0.5, 0.6) is 5.75 Å². The molecule has 126 valence electrons. The number of nitrogens with one attached hydrogen (secondary N) is 1. The number of hydrogen-bond donors (Lipinski definition) is 2. The molecule has 24 heavy (non-hydrogen) atoms. The number of halogens is 1. The quantitative estimate of drug-likeness (QED) is 0.723. The summed E-state index contributed by atoms with van der Waals surface area (Å²) in [5.74, 6) is 0.634. The summed E-state index contributed by atoms with van der Waals surface area (Å²) >= 11 is 2.14. The van der Waals surface area contributed by atoms with E-state index in [1.807, 2.05) is 36.4 Å². The second-order valence-electron chi connectivity index (χ2n) is 6.07. The number of ether oxygens (including phenoxy) is 1. The van der Waals surface area contributed by atoms with Crippen LogP contribution in [0.15, 0.2) is 42.5 Å². The number of aliphatic hydroxyl groups is 1. The molecular weight excluding hydrogens is 417 g/mol. The minimum absolute atomic E-state index is 0.158. The highest BCUT2D eigenvalue weighted by atomic mass is 127. The number of aryl methyl sites for hydroxylation is 1. The van der Waals surface area contributed by atoms with Crippen molar-refractivity contribution in [2.24, 2.45) is 0 Å². The maximum Gasteiger partial charge on any atom is 0.252 e. The molecule has 0 saturated heterocycles. The standard InChI is InChI=1S/C19H20INO3/c1-24-14-8-9-16-13(11-14)5-4-10-19(16,23)12-21-18(22)15-6-2-3-7-17(15)20/h2-3,6-9,11,23H,4-5,10,12H2,1H3,(H,21,22). The van der Waals surface area contributed by atoms with E-state index in [2.05, 4.69) is 27.9 Å². The van der Waals surface area contributed by atoms with Crippen LogP contribution < -0.4 is 10.1 Å². The molecule has 2 aromatic rings. The van der Waals surface area contributed by atoms with Gasteiger partial charge in [0.2, 0.25) is 0 Å². The summed E-state index contributed by atoms with van der Waals surface area (Å²) in [5.41, 5.74) is 1.58. The topological polar surface area (TPSA) is 58.6 Å². The number of rotatable bonds is 4. The first-order chi connectivity index (χ1) is 11.5. The van der Waals surface area contributed by atoms with Crippen molar-refractivity contribution in [1.82, 2.24) is 5.32 Å². The molecular formula is C19H20INO3. The predicted octanol–water partition coefficient (Wildman–Crippen LogP) is 3.25. The Balaban J connectivity index is 1.78. The molecule has 4 nitrogen and oxygen atoms in total. The lowest BCUT2D eigenvalue weighted by Gasteiger charge is -2.35. The molecule has 0 aliphatic heterocycles. The van der Waals surface area contributed by atoms with Gasteiger partial charge in [0.1, 0.15) is 11.4 Å². The Morgan fingerprint density at radius 1 is 1.33 bits per heavy atom. The molecule has 0 fully saturated rings. The summed E-state index contributed by atoms with van der Waals surface area (Å²) in [6.07, 6.45) is 2.44. The van der Waals surface area contributed by atoms with Crippen molar-refractivity contribution >= 4 is 28.5 Å². The lowest BCUT2D eigenvalue weighted by Crippen LogP contribution is -2.43. The van der Waals surface area contributed by atoms with Crippen LogP contribution in [-0.4, -0.2) is 24.7 Å². The van der Waals surface area contributed by atoms with Crippen LogP contribution >= 0.6 is 22.6 Å². The van der Waals surface area contributed by atoms with Crippen LogP contribution in [0.3, 0.4) is 0 Å². The number of amides is 1. The first-order valence-corrected chi connectivity index (χ1v) is 9.04. The molecule has 1 unspecified atom stereocenters. The Hall–Kier alpha value is -1.60. The van der Waals surface area contributed by atoms with E-state index >= 15 is 0 Å². The van der Waals surface area contributed by atoms with Gasteiger partial charge in [0.15, 0.2) is 0 Å². The number of fused-ring (bicyclic) bond motifs is 1. The molecule has 5 heteroatoms. The molecule has 0 spiro atoms. The highest BCUT2D eigenvalue weighted by Gasteiger charge is 2.35. The van der Waals surface area contributed by atoms with Crippen molar-refractivity contribution in [2.75, 3.05) is 13.7 Å². The Labute approximate surface area is 155 Å². The normalized spacial score (nSPS) is 19.5. The van der Waals surface area contributed by atoms with Crippen molar-refractivity contribution < 1.29 is 14.6 Å². The second kappa shape index (κ2) is 7.11. The Bertz CT molecular complexity index is 762. The highest BCUT2D eigenvalue weighted by molar-refractivity contribution is 14.1. The van der Waals surface area contributed by atoms with Crippen LogP contribution in [-0.2, 0) is 12.0 Å². The summed E-state index contributed by atoms with van der Waals surface area (Å²) < 4.78 is 6.16. The zero-order valence-corrected chi connectivity index (χ0v) is 15.7. The van der Waals surface area contributed by atoms with E-state index < -0.39 is 5.60 Å². The van der Waals surface area contributed by atoms with Crippen molar-refractivity contribution in [3.8, 4) is 5.75 Å². The Morgan fingerprint density at radius 2 is 2.12 bits per heavy atom. The molecule has 1 aliphatic rings. The minimum atomic E-state index is -1.03. The smallest absolute Gasteiger partial charge is 0.252 e. The van der Waals surface area contributed by atoms with Gasteiger partial charge in [-0.2, -0.15) is 0 Å². The molecule has 0 bridgehead atoms. The van der Waals surface area contributed by atoms with Crippen LogP contribution in [0.2, 0.25) is 0 Å². The zero-order valence-electron chi connectivity index (χ0n) is 13.5. The van der Waals surface area contributed by atoms with Crippen molar-refractivity contribution in [2.45, 2.75) is 24.9 Å². The molecule has 1 aliphatic carbocycles. The molecule has 3 rings (SSSR count). The second-order valence-corrected chi connectivity index (χ2v) is 7.23. The first-order valence-electron chi connectivity index (χ1n) is 7.96. The summed E-state index contributed by atoms with van der Waals surface area (Å²) in [4.78, 5) is 12.4. The lowest BCUT2D eigenvalue weighted by molar-refractivity contribution is 0.0189. The Kier molecular flexibility index (Phi) is 5.10. The third-order valence-corrected chi connectivity index (χ3v) is 5.45. The van der Waals surface area contributed by atoms with Crippen LogP contribution in [0.25, 0.3) is 0 Å². The van der Waals surface area contributed by atoms with Gasteiger partial charge in [0, 0.05) is 3.57 Å². The van der Waals surface area contributed by atoms with Gasteiger partial charge in [-0.25, -0.2) is 0 Å². The van der Waals surface area contributed by atoms with Crippen LogP contribution in [0, 0.1) is 3.57 Å². The number of benzene rings is 2. The average molecular weight is 437 g/mol. The lowest BCUT2D eigenvalue weighted by atomic mass is 9.79. The van der Waals surface area contributed by atoms with Gasteiger partial charge in [-0.1, -0.05) is 18.2 Å². The van der Waals surface area contributed by atoms with Gasteiger partial charge in [-0.15, -0.1) is 0 Å². The number of carbonyl (C=O) groups excluding carboxylic acids is 1. The minimum Gasteiger partial charge on any atom is -0.497 e. The fourth-order valence-electron chi connectivity index (χ4n) is 3.21. The van der Waals surface area contributed by atoms with E-state index in [1.165, 1.54) is 0 Å². The van der Waals surface area contributed by atoms with Gasteiger partial charge in [0.05, 0.1) is 19.2 Å². The molecule has 1 amide bonds. The van der Waals surface area contributed by atoms with E-state index in [4.69, 9.17) is 4.74 Å². The van der Waals surface area contributed by atoms with Crippen molar-refractivity contribution in [1.29, 1.82) is 0 Å². The monoisotopic (exact) mass is 437 g/mol. The Morgan fingerprint density at radius 3 is 2.88 bits per heavy atom. The molecule has 2 aromatic carbocycles. The van der Waals surface area contributed by atoms with E-state index in [9.17, 15) is 9.90 Å². The van der Waals surface area contributed by atoms with Crippen LogP contribution in [0.4, 0.5) is 0 Å². The van der Waals surface area contributed by atoms with E-state index in [0.717, 1.165) is 33.3 Å². The number of methoxy groups -OCH3 is 1. The third kappa shape index (κ3) is 3.42. The molecule has 0 aromatic heterocycles. The van der Waals surface area contributed by atoms with E-state index in [-0.39, 0.29) is 12.5 Å². The fourth-order valence-corrected chi connectivity index (χ4v) is 3.85. The molecule has 0 radical (unpaired) electrons. The zero-order chi connectivity index (χ0) is 17.2. The van der Waals surface area contributed by atoms with E-state index in [1.54, 1.807) is 13.2 Å². The van der Waals surface area contributed by atoms with Crippen molar-refractivity contribution in [3.63, 3.8) is 0 Å². The van der Waals surface area contributed by atoms with Gasteiger partial charge < -0.3 is 15.2 Å². The summed E-state index contributed by atoms with van der Waals surface area (Å²) in [6.45, 7) is 0.205. The summed E-state index contributed by atoms with van der Waals surface area (Å²) in [6, 6.07) is 13.2. The summed E-state index contributed by atoms with van der Waals surface area (Å²) in [5, 5.41) is 14.0. The maximum atomic E-state index is 12.4. The van der Waals surface area contributed by atoms with Crippen LogP contribution in [0.1, 0.15) is 34.3 Å². The van der Waals surface area contributed by atoms with Gasteiger partial charge in [0.25, 0.3) is 5.91 Å². The SMILES string of the molecule is COc1ccc2c(c1)CCCC2(O)CNC(=O)c1ccccc1I. The molecule has 2 N–H and O–H groups in total. The van der Waals surface area contributed by atoms with Crippen molar-refractivity contribution in [3.05, 3.63) is 62.7 Å². The fraction of sp³-hybridized carbons (Fsp3) is 0.316. The highest BCUT2D eigenvalue weighted by Crippen LogP contribution is 2.36. The largest absolute Gasteiger partial charge is 0.497 e. The predicted molar refractivity (Wildman–Crippen MR) is 101 cm³/mol. The van der Waals surface area contributed by atoms with Gasteiger partial charge in [-0.3, -0.25) is 4.79 Å². The first kappa shape index (κ1) is 17.2. The molecule has 0 saturated carbocycles.